The van der Waals surface area contributed by atoms with E-state index < -0.39 is 12.1 Å². The Morgan fingerprint density at radius 1 is 1.48 bits per heavy atom. The second-order valence-corrected chi connectivity index (χ2v) is 6.16. The summed E-state index contributed by atoms with van der Waals surface area (Å²) < 4.78 is 18.3. The first-order chi connectivity index (χ1) is 11.0. The molecule has 6 heteroatoms. The van der Waals surface area contributed by atoms with E-state index in [2.05, 4.69) is 4.90 Å². The van der Waals surface area contributed by atoms with E-state index in [0.717, 1.165) is 31.5 Å². The van der Waals surface area contributed by atoms with Crippen molar-refractivity contribution in [3.8, 4) is 0 Å². The first-order valence-electron chi connectivity index (χ1n) is 7.97. The van der Waals surface area contributed by atoms with Gasteiger partial charge in [0.1, 0.15) is 12.4 Å². The molecule has 1 heterocycles. The number of hydrogen-bond donors (Lipinski definition) is 2. The van der Waals surface area contributed by atoms with Gasteiger partial charge in [0.2, 0.25) is 0 Å². The van der Waals surface area contributed by atoms with Crippen molar-refractivity contribution in [3.63, 3.8) is 0 Å². The first-order valence-corrected chi connectivity index (χ1v) is 7.97. The number of nitrogens with zero attached hydrogens (tertiary/aromatic N) is 1. The Kier molecular flexibility index (Phi) is 6.95. The van der Waals surface area contributed by atoms with Gasteiger partial charge in [0.05, 0.1) is 12.7 Å². The number of carboxylic acids is 1. The molecule has 0 bridgehead atoms. The minimum absolute atomic E-state index is 0.265. The predicted octanol–water partition coefficient (Wildman–Crippen LogP) is 1.54. The third-order valence-electron chi connectivity index (χ3n) is 4.01. The summed E-state index contributed by atoms with van der Waals surface area (Å²) >= 11 is 0. The predicted molar refractivity (Wildman–Crippen MR) is 83.7 cm³/mol. The summed E-state index contributed by atoms with van der Waals surface area (Å²) in [4.78, 5) is 12.6. The Hall–Kier alpha value is -1.50. The molecule has 0 amide bonds. The topological polar surface area (TPSA) is 70.0 Å². The summed E-state index contributed by atoms with van der Waals surface area (Å²) in [6.45, 7) is 2.41. The molecule has 0 radical (unpaired) electrons. The van der Waals surface area contributed by atoms with Crippen molar-refractivity contribution in [3.05, 3.63) is 35.6 Å². The van der Waals surface area contributed by atoms with Gasteiger partial charge >= 0.3 is 5.97 Å². The Morgan fingerprint density at radius 2 is 2.30 bits per heavy atom. The van der Waals surface area contributed by atoms with Crippen LogP contribution in [0.25, 0.3) is 0 Å². The maximum Gasteiger partial charge on any atom is 0.329 e. The highest BCUT2D eigenvalue weighted by Gasteiger charge is 2.22. The SMILES string of the molecule is O=C(O)COCC1CCCN(CC(O)Cc2cccc(F)c2)C1. The largest absolute Gasteiger partial charge is 0.480 e. The zero-order valence-electron chi connectivity index (χ0n) is 13.2. The molecule has 1 aromatic rings. The van der Waals surface area contributed by atoms with E-state index in [9.17, 15) is 14.3 Å². The average molecular weight is 325 g/mol. The van der Waals surface area contributed by atoms with Gasteiger partial charge in [-0.2, -0.15) is 0 Å². The van der Waals surface area contributed by atoms with Crippen LogP contribution in [-0.2, 0) is 16.0 Å². The molecule has 1 saturated heterocycles. The molecule has 1 aliphatic rings. The number of benzene rings is 1. The number of rotatable bonds is 8. The van der Waals surface area contributed by atoms with E-state index in [0.29, 0.717) is 25.5 Å². The van der Waals surface area contributed by atoms with Gasteiger partial charge in [-0.15, -0.1) is 0 Å². The lowest BCUT2D eigenvalue weighted by Gasteiger charge is -2.33. The highest BCUT2D eigenvalue weighted by molar-refractivity contribution is 5.67. The van der Waals surface area contributed by atoms with E-state index in [1.807, 2.05) is 6.07 Å². The first kappa shape index (κ1) is 17.8. The van der Waals surface area contributed by atoms with Gasteiger partial charge in [0.15, 0.2) is 0 Å². The van der Waals surface area contributed by atoms with Gasteiger partial charge < -0.3 is 19.8 Å². The lowest BCUT2D eigenvalue weighted by molar-refractivity contribution is -0.142. The molecule has 1 aliphatic heterocycles. The fourth-order valence-electron chi connectivity index (χ4n) is 3.06. The molecule has 0 aromatic heterocycles. The van der Waals surface area contributed by atoms with Crippen LogP contribution in [0.4, 0.5) is 4.39 Å². The summed E-state index contributed by atoms with van der Waals surface area (Å²) in [6.07, 6.45) is 1.90. The molecule has 2 atom stereocenters. The minimum Gasteiger partial charge on any atom is -0.480 e. The summed E-state index contributed by atoms with van der Waals surface area (Å²) in [6, 6.07) is 6.29. The van der Waals surface area contributed by atoms with Crippen molar-refractivity contribution >= 4 is 5.97 Å². The molecular formula is C17H24FNO4. The molecule has 1 fully saturated rings. The van der Waals surface area contributed by atoms with Gasteiger partial charge in [0.25, 0.3) is 0 Å². The molecule has 1 aromatic carbocycles. The van der Waals surface area contributed by atoms with Gasteiger partial charge in [0, 0.05) is 13.1 Å². The van der Waals surface area contributed by atoms with Crippen molar-refractivity contribution in [1.29, 1.82) is 0 Å². The number of piperidine rings is 1. The van der Waals surface area contributed by atoms with E-state index in [1.54, 1.807) is 6.07 Å². The highest BCUT2D eigenvalue weighted by atomic mass is 19.1. The van der Waals surface area contributed by atoms with Gasteiger partial charge in [-0.05, 0) is 49.4 Å². The smallest absolute Gasteiger partial charge is 0.329 e. The molecule has 128 valence electrons. The van der Waals surface area contributed by atoms with E-state index in [-0.39, 0.29) is 12.4 Å². The van der Waals surface area contributed by atoms with E-state index >= 15 is 0 Å². The van der Waals surface area contributed by atoms with Crippen LogP contribution in [0.2, 0.25) is 0 Å². The van der Waals surface area contributed by atoms with Crippen molar-refractivity contribution in [2.24, 2.45) is 5.92 Å². The summed E-state index contributed by atoms with van der Waals surface area (Å²) in [5.41, 5.74) is 0.788. The van der Waals surface area contributed by atoms with Crippen LogP contribution in [0.3, 0.4) is 0 Å². The van der Waals surface area contributed by atoms with E-state index in [4.69, 9.17) is 9.84 Å². The Labute approximate surface area is 135 Å². The average Bonchev–Trinajstić information content (AvgIpc) is 2.47. The van der Waals surface area contributed by atoms with Crippen LogP contribution in [0.15, 0.2) is 24.3 Å². The lowest BCUT2D eigenvalue weighted by Crippen LogP contribution is -2.42. The molecular weight excluding hydrogens is 301 g/mol. The summed E-state index contributed by atoms with van der Waals surface area (Å²) in [5, 5.41) is 18.8. The zero-order chi connectivity index (χ0) is 16.7. The van der Waals surface area contributed by atoms with Crippen molar-refractivity contribution < 1.29 is 24.1 Å². The molecule has 0 saturated carbocycles. The fraction of sp³-hybridized carbons (Fsp3) is 0.588. The second kappa shape index (κ2) is 8.96. The third-order valence-corrected chi connectivity index (χ3v) is 4.01. The van der Waals surface area contributed by atoms with Gasteiger partial charge in [-0.1, -0.05) is 12.1 Å². The number of β-amino-alcohol motifs (C(OH)–C–C–N with tert-alkyl or cyclic N) is 1. The maximum atomic E-state index is 13.2. The maximum absolute atomic E-state index is 13.2. The van der Waals surface area contributed by atoms with Crippen molar-refractivity contribution in [2.75, 3.05) is 32.8 Å². The van der Waals surface area contributed by atoms with Crippen molar-refractivity contribution in [2.45, 2.75) is 25.4 Å². The Morgan fingerprint density at radius 3 is 3.04 bits per heavy atom. The van der Waals surface area contributed by atoms with Crippen LogP contribution in [-0.4, -0.2) is 60.0 Å². The standard InChI is InChI=1S/C17H24FNO4/c18-15-5-1-3-13(7-15)8-16(20)10-19-6-2-4-14(9-19)11-23-12-17(21)22/h1,3,5,7,14,16,20H,2,4,6,8-12H2,(H,21,22). The quantitative estimate of drug-likeness (QED) is 0.759. The number of ether oxygens (including phenoxy) is 1. The molecule has 0 spiro atoms. The third kappa shape index (κ3) is 6.64. The number of aliphatic hydroxyl groups excluding tert-OH is 1. The number of aliphatic hydroxyl groups is 1. The molecule has 23 heavy (non-hydrogen) atoms. The molecule has 5 nitrogen and oxygen atoms in total. The summed E-state index contributed by atoms with van der Waals surface area (Å²) in [5.74, 6) is -0.948. The van der Waals surface area contributed by atoms with Crippen LogP contribution >= 0.6 is 0 Å². The number of carboxylic acid groups (broad SMARTS) is 1. The summed E-state index contributed by atoms with van der Waals surface area (Å²) in [7, 11) is 0. The van der Waals surface area contributed by atoms with Gasteiger partial charge in [-0.25, -0.2) is 9.18 Å². The molecule has 0 aliphatic carbocycles. The number of halogens is 1. The monoisotopic (exact) mass is 325 g/mol. The second-order valence-electron chi connectivity index (χ2n) is 6.16. The number of likely N-dealkylation sites (tertiary alicyclic amines) is 1. The van der Waals surface area contributed by atoms with Crippen molar-refractivity contribution in [1.82, 2.24) is 4.90 Å². The Balaban J connectivity index is 1.74. The highest BCUT2D eigenvalue weighted by Crippen LogP contribution is 2.17. The number of hydrogen-bond acceptors (Lipinski definition) is 4. The van der Waals surface area contributed by atoms with Crippen LogP contribution in [0, 0.1) is 11.7 Å². The minimum atomic E-state index is -0.955. The molecule has 2 rings (SSSR count). The molecule has 2 N–H and O–H groups in total. The van der Waals surface area contributed by atoms with E-state index in [1.165, 1.54) is 12.1 Å². The van der Waals surface area contributed by atoms with Crippen LogP contribution < -0.4 is 0 Å². The fourth-order valence-corrected chi connectivity index (χ4v) is 3.06. The van der Waals surface area contributed by atoms with Gasteiger partial charge in [-0.3, -0.25) is 0 Å². The van der Waals surface area contributed by atoms with Crippen LogP contribution in [0.1, 0.15) is 18.4 Å². The lowest BCUT2D eigenvalue weighted by atomic mass is 9.98. The molecule has 2 unspecified atom stereocenters. The Bertz CT molecular complexity index is 511. The number of carbonyl (C=O) groups is 1. The normalized spacial score (nSPS) is 20.3. The zero-order valence-corrected chi connectivity index (χ0v) is 13.2. The number of aliphatic carboxylic acids is 1. The van der Waals surface area contributed by atoms with Crippen LogP contribution in [0.5, 0.6) is 0 Å².